The molecule has 1 aromatic carbocycles. The van der Waals surface area contributed by atoms with Gasteiger partial charge in [0.2, 0.25) is 10.0 Å². The predicted octanol–water partition coefficient (Wildman–Crippen LogP) is 1.29. The van der Waals surface area contributed by atoms with E-state index in [9.17, 15) is 27.9 Å². The Labute approximate surface area is 169 Å². The van der Waals surface area contributed by atoms with Crippen LogP contribution < -0.4 is 4.74 Å². The highest BCUT2D eigenvalue weighted by Gasteiger charge is 2.27. The van der Waals surface area contributed by atoms with E-state index < -0.39 is 27.9 Å². The first-order valence-corrected chi connectivity index (χ1v) is 10.3. The number of carbonyl (C=O) groups is 3. The molecule has 1 rings (SSSR count). The minimum Gasteiger partial charge on any atom is -0.493 e. The summed E-state index contributed by atoms with van der Waals surface area (Å²) in [6.07, 6.45) is 0.652. The smallest absolute Gasteiger partial charge is 0.339 e. The third-order valence-electron chi connectivity index (χ3n) is 3.57. The molecule has 0 heterocycles. The lowest BCUT2D eigenvalue weighted by Gasteiger charge is -2.22. The molecule has 10 nitrogen and oxygen atoms in total. The summed E-state index contributed by atoms with van der Waals surface area (Å²) >= 11 is 0. The number of rotatable bonds is 12. The van der Waals surface area contributed by atoms with Crippen LogP contribution in [0.2, 0.25) is 0 Å². The van der Waals surface area contributed by atoms with Crippen LogP contribution in [0, 0.1) is 0 Å². The number of sulfonamides is 1. The molecule has 0 bridgehead atoms. The molecule has 0 aliphatic carbocycles. The number of carboxylic acid groups (broad SMARTS) is 1. The van der Waals surface area contributed by atoms with Crippen molar-refractivity contribution in [3.05, 3.63) is 23.8 Å². The maximum absolute atomic E-state index is 13.0. The van der Waals surface area contributed by atoms with E-state index in [1.54, 1.807) is 0 Å². The zero-order valence-corrected chi connectivity index (χ0v) is 17.4. The zero-order valence-electron chi connectivity index (χ0n) is 16.5. The molecule has 0 saturated carbocycles. The molecule has 162 valence electrons. The summed E-state index contributed by atoms with van der Waals surface area (Å²) < 4.78 is 41.9. The maximum atomic E-state index is 13.0. The second kappa shape index (κ2) is 11.4. The van der Waals surface area contributed by atoms with Crippen molar-refractivity contribution in [1.82, 2.24) is 4.31 Å². The highest BCUT2D eigenvalue weighted by atomic mass is 32.2. The number of aromatic carboxylic acids is 1. The number of ether oxygens (including phenoxy) is 3. The van der Waals surface area contributed by atoms with Crippen LogP contribution >= 0.6 is 0 Å². The molecule has 1 aromatic rings. The molecule has 0 aliphatic heterocycles. The summed E-state index contributed by atoms with van der Waals surface area (Å²) in [5.41, 5.74) is -0.292. The summed E-state index contributed by atoms with van der Waals surface area (Å²) in [5.74, 6) is -2.43. The first kappa shape index (κ1) is 24.4. The van der Waals surface area contributed by atoms with Crippen molar-refractivity contribution < 1.29 is 42.1 Å². The van der Waals surface area contributed by atoms with Gasteiger partial charge in [0.15, 0.2) is 0 Å². The molecule has 0 fully saturated rings. The Balaban J connectivity index is 3.17. The second-order valence-electron chi connectivity index (χ2n) is 5.90. The van der Waals surface area contributed by atoms with Crippen molar-refractivity contribution in [3.8, 4) is 5.75 Å². The summed E-state index contributed by atoms with van der Waals surface area (Å²) in [6.45, 7) is 3.69. The summed E-state index contributed by atoms with van der Waals surface area (Å²) in [7, 11) is -4.16. The van der Waals surface area contributed by atoms with Gasteiger partial charge in [0.25, 0.3) is 0 Å². The van der Waals surface area contributed by atoms with E-state index in [0.717, 1.165) is 10.4 Å². The molecule has 0 atom stereocenters. The molecule has 0 radical (unpaired) electrons. The molecular weight excluding hydrogens is 406 g/mol. The summed E-state index contributed by atoms with van der Waals surface area (Å²) in [4.78, 5) is 33.2. The lowest BCUT2D eigenvalue weighted by molar-refractivity contribution is -0.141. The fourth-order valence-electron chi connectivity index (χ4n) is 2.26. The lowest BCUT2D eigenvalue weighted by atomic mass is 10.2. The number of nitrogens with zero attached hydrogens (tertiary/aromatic N) is 1. The molecule has 0 unspecified atom stereocenters. The van der Waals surface area contributed by atoms with Crippen LogP contribution in [0.4, 0.5) is 0 Å². The molecular formula is C18H25NO9S. The molecule has 0 amide bonds. The van der Waals surface area contributed by atoms with Crippen LogP contribution in [0.25, 0.3) is 0 Å². The van der Waals surface area contributed by atoms with Crippen molar-refractivity contribution in [2.75, 3.05) is 32.9 Å². The Morgan fingerprint density at radius 3 is 2.00 bits per heavy atom. The lowest BCUT2D eigenvalue weighted by Crippen LogP contribution is -2.37. The van der Waals surface area contributed by atoms with E-state index in [2.05, 4.69) is 0 Å². The van der Waals surface area contributed by atoms with Crippen LogP contribution in [0.3, 0.4) is 0 Å². The first-order valence-electron chi connectivity index (χ1n) is 8.86. The largest absolute Gasteiger partial charge is 0.493 e. The zero-order chi connectivity index (χ0) is 22.0. The van der Waals surface area contributed by atoms with E-state index in [4.69, 9.17) is 14.2 Å². The van der Waals surface area contributed by atoms with Gasteiger partial charge in [-0.15, -0.1) is 0 Å². The average Bonchev–Trinajstić information content (AvgIpc) is 2.64. The van der Waals surface area contributed by atoms with Gasteiger partial charge in [-0.1, -0.05) is 6.92 Å². The Morgan fingerprint density at radius 2 is 1.55 bits per heavy atom. The minimum absolute atomic E-state index is 0.0599. The van der Waals surface area contributed by atoms with Gasteiger partial charge < -0.3 is 19.3 Å². The highest BCUT2D eigenvalue weighted by molar-refractivity contribution is 7.89. The second-order valence-corrected chi connectivity index (χ2v) is 7.83. The number of carbonyl (C=O) groups excluding carboxylic acids is 2. The highest BCUT2D eigenvalue weighted by Crippen LogP contribution is 2.25. The van der Waals surface area contributed by atoms with Crippen LogP contribution in [0.15, 0.2) is 23.1 Å². The van der Waals surface area contributed by atoms with Gasteiger partial charge in [0, 0.05) is 26.9 Å². The van der Waals surface area contributed by atoms with Gasteiger partial charge >= 0.3 is 17.9 Å². The third-order valence-corrected chi connectivity index (χ3v) is 5.47. The Hall–Kier alpha value is -2.66. The Kier molecular flexibility index (Phi) is 9.56. The normalized spacial score (nSPS) is 11.2. The third kappa shape index (κ3) is 7.70. The topological polar surface area (TPSA) is 137 Å². The van der Waals surface area contributed by atoms with E-state index in [-0.39, 0.29) is 49.1 Å². The Bertz CT molecular complexity index is 816. The minimum atomic E-state index is -4.16. The van der Waals surface area contributed by atoms with E-state index >= 15 is 0 Å². The van der Waals surface area contributed by atoms with Crippen LogP contribution in [0.5, 0.6) is 5.75 Å². The summed E-state index contributed by atoms with van der Waals surface area (Å²) in [5, 5.41) is 9.40. The molecule has 0 aromatic heterocycles. The van der Waals surface area contributed by atoms with E-state index in [1.165, 1.54) is 26.0 Å². The maximum Gasteiger partial charge on any atom is 0.339 e. The van der Waals surface area contributed by atoms with Crippen molar-refractivity contribution in [3.63, 3.8) is 0 Å². The summed E-state index contributed by atoms with van der Waals surface area (Å²) in [6, 6.07) is 3.52. The standard InChI is InChI=1S/C18H25NO9S/c1-4-9-28-17-6-5-15(12-16(17)18(22)23)29(24,25)19(7-10-26-13(2)20)8-11-27-14(3)21/h5-6,12H,4,7-11H2,1-3H3,(H,22,23). The average molecular weight is 431 g/mol. The monoisotopic (exact) mass is 431 g/mol. The van der Waals surface area contributed by atoms with Gasteiger partial charge in [-0.3, -0.25) is 9.59 Å². The van der Waals surface area contributed by atoms with Gasteiger partial charge in [-0.05, 0) is 24.6 Å². The molecule has 1 N–H and O–H groups in total. The molecule has 0 aliphatic rings. The Morgan fingerprint density at radius 1 is 1.00 bits per heavy atom. The number of hydrogen-bond acceptors (Lipinski definition) is 8. The van der Waals surface area contributed by atoms with Gasteiger partial charge in [0.05, 0.1) is 11.5 Å². The van der Waals surface area contributed by atoms with Crippen LogP contribution in [0.1, 0.15) is 37.6 Å². The van der Waals surface area contributed by atoms with Crippen LogP contribution in [-0.4, -0.2) is 68.6 Å². The molecule has 0 spiro atoms. The van der Waals surface area contributed by atoms with E-state index in [1.807, 2.05) is 6.92 Å². The first-order chi connectivity index (χ1) is 13.6. The van der Waals surface area contributed by atoms with Crippen LogP contribution in [-0.2, 0) is 29.1 Å². The number of esters is 2. The van der Waals surface area contributed by atoms with Crippen molar-refractivity contribution in [1.29, 1.82) is 0 Å². The van der Waals surface area contributed by atoms with Crippen molar-refractivity contribution in [2.45, 2.75) is 32.1 Å². The van der Waals surface area contributed by atoms with Gasteiger partial charge in [-0.2, -0.15) is 4.31 Å². The number of benzene rings is 1. The number of hydrogen-bond donors (Lipinski definition) is 1. The SMILES string of the molecule is CCCOc1ccc(S(=O)(=O)N(CCOC(C)=O)CCOC(C)=O)cc1C(=O)O. The molecule has 0 saturated heterocycles. The van der Waals surface area contributed by atoms with Crippen molar-refractivity contribution in [2.24, 2.45) is 0 Å². The fraction of sp³-hybridized carbons (Fsp3) is 0.500. The fourth-order valence-corrected chi connectivity index (χ4v) is 3.69. The quantitative estimate of drug-likeness (QED) is 0.485. The molecule has 11 heteroatoms. The number of carboxylic acids is 1. The van der Waals surface area contributed by atoms with Gasteiger partial charge in [-0.25, -0.2) is 13.2 Å². The van der Waals surface area contributed by atoms with Crippen molar-refractivity contribution >= 4 is 27.9 Å². The van der Waals surface area contributed by atoms with Gasteiger partial charge in [0.1, 0.15) is 24.5 Å². The predicted molar refractivity (Wildman–Crippen MR) is 101 cm³/mol. The van der Waals surface area contributed by atoms with E-state index in [0.29, 0.717) is 6.42 Å². The molecule has 29 heavy (non-hydrogen) atoms.